The molecule has 1 atom stereocenters. The average molecular weight is 256 g/mol. The summed E-state index contributed by atoms with van der Waals surface area (Å²) >= 11 is 5.87. The van der Waals surface area contributed by atoms with Gasteiger partial charge in [0.15, 0.2) is 0 Å². The number of benzene rings is 1. The Balaban J connectivity index is 2.08. The van der Waals surface area contributed by atoms with Crippen molar-refractivity contribution in [1.29, 1.82) is 0 Å². The first-order chi connectivity index (χ1) is 8.24. The van der Waals surface area contributed by atoms with Gasteiger partial charge in [-0.3, -0.25) is 0 Å². The van der Waals surface area contributed by atoms with Crippen molar-refractivity contribution in [1.82, 2.24) is 5.32 Å². The summed E-state index contributed by atoms with van der Waals surface area (Å²) in [6.07, 6.45) is 2.40. The van der Waals surface area contributed by atoms with Gasteiger partial charge in [0.05, 0.1) is 19.3 Å². The van der Waals surface area contributed by atoms with E-state index in [-0.39, 0.29) is 25.3 Å². The molecule has 0 aromatic heterocycles. The average Bonchev–Trinajstić information content (AvgIpc) is 3.17. The molecule has 3 nitrogen and oxygen atoms in total. The van der Waals surface area contributed by atoms with Crippen molar-refractivity contribution < 1.29 is 10.2 Å². The third kappa shape index (κ3) is 3.42. The quantitative estimate of drug-likeness (QED) is 0.726. The van der Waals surface area contributed by atoms with Crippen molar-refractivity contribution in [2.75, 3.05) is 13.2 Å². The van der Waals surface area contributed by atoms with E-state index >= 15 is 0 Å². The third-order valence-electron chi connectivity index (χ3n) is 3.18. The van der Waals surface area contributed by atoms with Gasteiger partial charge >= 0.3 is 0 Å². The fraction of sp³-hybridized carbons (Fsp3) is 0.538. The van der Waals surface area contributed by atoms with Crippen LogP contribution in [0.5, 0.6) is 0 Å². The maximum Gasteiger partial charge on any atom is 0.0607 e. The highest BCUT2D eigenvalue weighted by Crippen LogP contribution is 2.41. The lowest BCUT2D eigenvalue weighted by molar-refractivity contribution is 0.158. The molecule has 0 heterocycles. The van der Waals surface area contributed by atoms with Crippen molar-refractivity contribution in [3.8, 4) is 0 Å². The summed E-state index contributed by atoms with van der Waals surface area (Å²) in [5.74, 6) is 0.608. The van der Waals surface area contributed by atoms with Gasteiger partial charge < -0.3 is 15.5 Å². The molecule has 94 valence electrons. The van der Waals surface area contributed by atoms with E-state index in [2.05, 4.69) is 5.32 Å². The highest BCUT2D eigenvalue weighted by Gasteiger charge is 2.33. The van der Waals surface area contributed by atoms with Crippen LogP contribution in [0.4, 0.5) is 0 Å². The molecule has 2 rings (SSSR count). The van der Waals surface area contributed by atoms with Gasteiger partial charge in [0.1, 0.15) is 0 Å². The van der Waals surface area contributed by atoms with Crippen molar-refractivity contribution in [3.05, 3.63) is 34.9 Å². The molecule has 4 heteroatoms. The number of aliphatic hydroxyl groups is 2. The first kappa shape index (κ1) is 12.8. The minimum absolute atomic E-state index is 0.0483. The number of nitrogens with one attached hydrogen (secondary N) is 1. The lowest BCUT2D eigenvalue weighted by Crippen LogP contribution is -2.39. The Morgan fingerprint density at radius 2 is 1.76 bits per heavy atom. The highest BCUT2D eigenvalue weighted by molar-refractivity contribution is 6.30. The Hall–Kier alpha value is -0.610. The minimum atomic E-state index is -0.253. The number of hydrogen-bond donors (Lipinski definition) is 3. The van der Waals surface area contributed by atoms with Crippen LogP contribution >= 0.6 is 11.6 Å². The van der Waals surface area contributed by atoms with E-state index in [0.29, 0.717) is 5.92 Å². The zero-order valence-corrected chi connectivity index (χ0v) is 10.4. The van der Waals surface area contributed by atoms with Gasteiger partial charge in [-0.1, -0.05) is 23.7 Å². The molecule has 1 aliphatic carbocycles. The van der Waals surface area contributed by atoms with Crippen LogP contribution in [-0.4, -0.2) is 29.5 Å². The standard InChI is InChI=1S/C13H18ClNO2/c14-11-5-3-10(4-6-11)13(9-1-2-9)15-12(7-16)8-17/h3-6,9,12-13,15-17H,1-2,7-8H2. The lowest BCUT2D eigenvalue weighted by Gasteiger charge is -2.23. The lowest BCUT2D eigenvalue weighted by atomic mass is 10.0. The normalized spacial score (nSPS) is 17.4. The maximum atomic E-state index is 9.12. The van der Waals surface area contributed by atoms with Gasteiger partial charge in [-0.15, -0.1) is 0 Å². The molecule has 1 unspecified atom stereocenters. The second-order valence-corrected chi connectivity index (χ2v) is 5.03. The van der Waals surface area contributed by atoms with E-state index in [9.17, 15) is 0 Å². The van der Waals surface area contributed by atoms with Crippen molar-refractivity contribution >= 4 is 11.6 Å². The summed E-state index contributed by atoms with van der Waals surface area (Å²) < 4.78 is 0. The molecular weight excluding hydrogens is 238 g/mol. The number of hydrogen-bond acceptors (Lipinski definition) is 3. The van der Waals surface area contributed by atoms with Crippen LogP contribution in [0.25, 0.3) is 0 Å². The Labute approximate surface area is 106 Å². The molecule has 1 fully saturated rings. The first-order valence-electron chi connectivity index (χ1n) is 5.98. The predicted molar refractivity (Wildman–Crippen MR) is 68.0 cm³/mol. The van der Waals surface area contributed by atoms with E-state index in [1.807, 2.05) is 24.3 Å². The molecule has 0 radical (unpaired) electrons. The SMILES string of the molecule is OCC(CO)NC(c1ccc(Cl)cc1)C1CC1. The Morgan fingerprint density at radius 1 is 1.18 bits per heavy atom. The van der Waals surface area contributed by atoms with Crippen LogP contribution in [0.15, 0.2) is 24.3 Å². The molecule has 1 aromatic carbocycles. The maximum absolute atomic E-state index is 9.12. The second-order valence-electron chi connectivity index (χ2n) is 4.60. The van der Waals surface area contributed by atoms with Gasteiger partial charge in [-0.2, -0.15) is 0 Å². The third-order valence-corrected chi connectivity index (χ3v) is 3.43. The van der Waals surface area contributed by atoms with Crippen molar-refractivity contribution in [2.45, 2.75) is 24.9 Å². The van der Waals surface area contributed by atoms with Crippen molar-refractivity contribution in [3.63, 3.8) is 0 Å². The highest BCUT2D eigenvalue weighted by atomic mass is 35.5. The van der Waals surface area contributed by atoms with E-state index in [1.165, 1.54) is 18.4 Å². The molecular formula is C13H18ClNO2. The smallest absolute Gasteiger partial charge is 0.0607 e. The molecule has 1 saturated carbocycles. The molecule has 3 N–H and O–H groups in total. The molecule has 1 aliphatic rings. The van der Waals surface area contributed by atoms with Gasteiger partial charge in [0, 0.05) is 11.1 Å². The van der Waals surface area contributed by atoms with Gasteiger partial charge in [0.2, 0.25) is 0 Å². The molecule has 0 amide bonds. The minimum Gasteiger partial charge on any atom is -0.395 e. The molecule has 0 bridgehead atoms. The molecule has 1 aromatic rings. The summed E-state index contributed by atoms with van der Waals surface area (Å²) in [7, 11) is 0. The van der Waals surface area contributed by atoms with Crippen LogP contribution in [0.1, 0.15) is 24.4 Å². The zero-order chi connectivity index (χ0) is 12.3. The monoisotopic (exact) mass is 255 g/mol. The molecule has 0 saturated heterocycles. The van der Waals surface area contributed by atoms with Crippen LogP contribution < -0.4 is 5.32 Å². The topological polar surface area (TPSA) is 52.5 Å². The van der Waals surface area contributed by atoms with Gasteiger partial charge in [-0.05, 0) is 36.5 Å². The molecule has 0 aliphatic heterocycles. The van der Waals surface area contributed by atoms with E-state index in [0.717, 1.165) is 5.02 Å². The second kappa shape index (κ2) is 5.83. The molecule has 0 spiro atoms. The summed E-state index contributed by atoms with van der Waals surface area (Å²) in [5.41, 5.74) is 1.17. The largest absolute Gasteiger partial charge is 0.395 e. The van der Waals surface area contributed by atoms with E-state index in [1.54, 1.807) is 0 Å². The summed E-state index contributed by atoms with van der Waals surface area (Å²) in [6.45, 7) is -0.0966. The van der Waals surface area contributed by atoms with Gasteiger partial charge in [-0.25, -0.2) is 0 Å². The number of rotatable bonds is 6. The number of aliphatic hydroxyl groups excluding tert-OH is 2. The summed E-state index contributed by atoms with van der Waals surface area (Å²) in [5, 5.41) is 22.3. The molecule has 17 heavy (non-hydrogen) atoms. The fourth-order valence-corrected chi connectivity index (χ4v) is 2.15. The van der Waals surface area contributed by atoms with E-state index < -0.39 is 0 Å². The van der Waals surface area contributed by atoms with Crippen LogP contribution in [0.2, 0.25) is 5.02 Å². The van der Waals surface area contributed by atoms with Gasteiger partial charge in [0.25, 0.3) is 0 Å². The summed E-state index contributed by atoms with van der Waals surface area (Å²) in [6, 6.07) is 7.71. The Bertz CT molecular complexity index is 347. The van der Waals surface area contributed by atoms with Crippen LogP contribution in [0.3, 0.4) is 0 Å². The van der Waals surface area contributed by atoms with E-state index in [4.69, 9.17) is 21.8 Å². The zero-order valence-electron chi connectivity index (χ0n) is 9.64. The fourth-order valence-electron chi connectivity index (χ4n) is 2.02. The summed E-state index contributed by atoms with van der Waals surface area (Å²) in [4.78, 5) is 0. The van der Waals surface area contributed by atoms with Crippen LogP contribution in [0, 0.1) is 5.92 Å². The Kier molecular flexibility index (Phi) is 4.40. The van der Waals surface area contributed by atoms with Crippen molar-refractivity contribution in [2.24, 2.45) is 5.92 Å². The predicted octanol–water partition coefficient (Wildman–Crippen LogP) is 1.73. The first-order valence-corrected chi connectivity index (χ1v) is 6.35. The number of halogens is 1. The van der Waals surface area contributed by atoms with Crippen LogP contribution in [-0.2, 0) is 0 Å². The Morgan fingerprint density at radius 3 is 2.24 bits per heavy atom.